The fraction of sp³-hybridized carbons (Fsp3) is 0.240. The minimum Gasteiger partial charge on any atom is -0.481 e. The lowest BCUT2D eigenvalue weighted by molar-refractivity contribution is -0.141. The Morgan fingerprint density at radius 1 is 1.10 bits per heavy atom. The molecule has 6 nitrogen and oxygen atoms in total. The van der Waals surface area contributed by atoms with Gasteiger partial charge in [0.1, 0.15) is 0 Å². The molecule has 0 bridgehead atoms. The Bertz CT molecular complexity index is 1150. The van der Waals surface area contributed by atoms with Gasteiger partial charge in [-0.25, -0.2) is 0 Å². The molecule has 0 radical (unpaired) electrons. The monoisotopic (exact) mass is 417 g/mol. The highest BCUT2D eigenvalue weighted by molar-refractivity contribution is 5.92. The molecule has 0 aliphatic heterocycles. The van der Waals surface area contributed by atoms with E-state index in [1.165, 1.54) is 12.3 Å². The van der Waals surface area contributed by atoms with Crippen molar-refractivity contribution in [2.75, 3.05) is 0 Å². The summed E-state index contributed by atoms with van der Waals surface area (Å²) in [4.78, 5) is 35.8. The van der Waals surface area contributed by atoms with Gasteiger partial charge in [0.15, 0.2) is 11.2 Å². The van der Waals surface area contributed by atoms with Crippen molar-refractivity contribution in [3.8, 4) is 11.1 Å². The van der Waals surface area contributed by atoms with Crippen molar-refractivity contribution < 1.29 is 19.1 Å². The maximum Gasteiger partial charge on any atom is 0.306 e. The molecule has 3 atom stereocenters. The van der Waals surface area contributed by atoms with Crippen LogP contribution in [0.2, 0.25) is 0 Å². The highest BCUT2D eigenvalue weighted by atomic mass is 16.4. The van der Waals surface area contributed by atoms with Gasteiger partial charge < -0.3 is 14.8 Å². The summed E-state index contributed by atoms with van der Waals surface area (Å²) >= 11 is 0. The number of carboxylic acid groups (broad SMARTS) is 1. The second-order valence-corrected chi connectivity index (χ2v) is 8.13. The molecule has 158 valence electrons. The topological polar surface area (TPSA) is 96.6 Å². The van der Waals surface area contributed by atoms with Crippen LogP contribution in [0.25, 0.3) is 11.1 Å². The Morgan fingerprint density at radius 2 is 1.77 bits per heavy atom. The lowest BCUT2D eigenvalue weighted by atomic mass is 9.94. The summed E-state index contributed by atoms with van der Waals surface area (Å²) in [6.07, 6.45) is 2.09. The number of carboxylic acids is 1. The second-order valence-electron chi connectivity index (χ2n) is 8.13. The highest BCUT2D eigenvalue weighted by Gasteiger charge is 2.57. The van der Waals surface area contributed by atoms with E-state index in [4.69, 9.17) is 4.42 Å². The molecule has 4 rings (SSSR count). The van der Waals surface area contributed by atoms with Crippen LogP contribution >= 0.6 is 0 Å². The molecule has 3 aromatic rings. The molecule has 1 heterocycles. The molecule has 1 unspecified atom stereocenters. The van der Waals surface area contributed by atoms with E-state index < -0.39 is 23.3 Å². The van der Waals surface area contributed by atoms with E-state index in [1.807, 2.05) is 54.6 Å². The van der Waals surface area contributed by atoms with Crippen LogP contribution in [-0.2, 0) is 4.79 Å². The molecular formula is C25H23NO5. The summed E-state index contributed by atoms with van der Waals surface area (Å²) < 4.78 is 5.17. The van der Waals surface area contributed by atoms with Crippen molar-refractivity contribution in [1.29, 1.82) is 0 Å². The molecule has 31 heavy (non-hydrogen) atoms. The van der Waals surface area contributed by atoms with E-state index in [-0.39, 0.29) is 23.5 Å². The molecule has 0 saturated heterocycles. The predicted molar refractivity (Wildman–Crippen MR) is 116 cm³/mol. The zero-order valence-electron chi connectivity index (χ0n) is 17.1. The number of carbonyl (C=O) groups excluding carboxylic acids is 1. The normalized spacial score (nSPS) is 20.6. The van der Waals surface area contributed by atoms with Crippen LogP contribution in [0.15, 0.2) is 82.2 Å². The molecule has 6 heteroatoms. The average Bonchev–Trinajstić information content (AvgIpc) is 3.47. The maximum absolute atomic E-state index is 12.7. The van der Waals surface area contributed by atoms with E-state index in [1.54, 1.807) is 6.92 Å². The van der Waals surface area contributed by atoms with Gasteiger partial charge in [0.05, 0.1) is 12.2 Å². The fourth-order valence-corrected chi connectivity index (χ4v) is 4.12. The van der Waals surface area contributed by atoms with E-state index in [0.717, 1.165) is 22.8 Å². The first kappa shape index (κ1) is 20.6. The van der Waals surface area contributed by atoms with Crippen molar-refractivity contribution in [1.82, 2.24) is 5.32 Å². The number of rotatable bonds is 7. The van der Waals surface area contributed by atoms with E-state index in [0.29, 0.717) is 6.42 Å². The smallest absolute Gasteiger partial charge is 0.306 e. The number of hydrogen-bond donors (Lipinski definition) is 2. The third kappa shape index (κ3) is 4.43. The Balaban J connectivity index is 1.57. The van der Waals surface area contributed by atoms with Crippen LogP contribution in [-0.4, -0.2) is 22.5 Å². The average molecular weight is 417 g/mol. The summed E-state index contributed by atoms with van der Waals surface area (Å²) in [6, 6.07) is 20.5. The molecule has 1 fully saturated rings. The van der Waals surface area contributed by atoms with E-state index in [9.17, 15) is 19.5 Å². The molecule has 1 saturated carbocycles. The number of amides is 1. The molecule has 1 aliphatic carbocycles. The number of aliphatic carboxylic acids is 1. The Morgan fingerprint density at radius 3 is 2.42 bits per heavy atom. The van der Waals surface area contributed by atoms with Crippen molar-refractivity contribution in [3.63, 3.8) is 0 Å². The largest absolute Gasteiger partial charge is 0.481 e. The molecular weight excluding hydrogens is 394 g/mol. The Labute approximate surface area is 179 Å². The van der Waals surface area contributed by atoms with Crippen LogP contribution < -0.4 is 10.7 Å². The van der Waals surface area contributed by atoms with Gasteiger partial charge in [0.2, 0.25) is 0 Å². The SMILES string of the molecule is C[C@H](CC1(NC(=O)c2cc(=O)cco2)C[C@H]1c1ccc(-c2ccccc2)cc1)C(=O)O. The first-order chi connectivity index (χ1) is 14.9. The Kier molecular flexibility index (Phi) is 5.46. The second kappa shape index (κ2) is 8.22. The quantitative estimate of drug-likeness (QED) is 0.604. The number of hydrogen-bond acceptors (Lipinski definition) is 4. The van der Waals surface area contributed by atoms with E-state index >= 15 is 0 Å². The van der Waals surface area contributed by atoms with Gasteiger partial charge >= 0.3 is 5.97 Å². The zero-order chi connectivity index (χ0) is 22.0. The summed E-state index contributed by atoms with van der Waals surface area (Å²) in [6.45, 7) is 1.63. The minimum atomic E-state index is -0.912. The number of nitrogens with one attached hydrogen (secondary N) is 1. The van der Waals surface area contributed by atoms with Gasteiger partial charge in [-0.1, -0.05) is 61.5 Å². The van der Waals surface area contributed by atoms with Crippen molar-refractivity contribution in [3.05, 3.63) is 94.5 Å². The van der Waals surface area contributed by atoms with Gasteiger partial charge in [-0.3, -0.25) is 14.4 Å². The van der Waals surface area contributed by atoms with Crippen LogP contribution in [0.4, 0.5) is 0 Å². The molecule has 1 amide bonds. The van der Waals surface area contributed by atoms with Crippen molar-refractivity contribution in [2.45, 2.75) is 31.2 Å². The predicted octanol–water partition coefficient (Wildman–Crippen LogP) is 4.07. The maximum atomic E-state index is 12.7. The highest BCUT2D eigenvalue weighted by Crippen LogP contribution is 2.55. The molecule has 0 spiro atoms. The zero-order valence-corrected chi connectivity index (χ0v) is 17.1. The molecule has 1 aliphatic rings. The van der Waals surface area contributed by atoms with Gasteiger partial charge in [0.25, 0.3) is 5.91 Å². The van der Waals surface area contributed by atoms with Gasteiger partial charge in [-0.05, 0) is 29.5 Å². The van der Waals surface area contributed by atoms with E-state index in [2.05, 4.69) is 5.32 Å². The van der Waals surface area contributed by atoms with Gasteiger partial charge in [-0.2, -0.15) is 0 Å². The van der Waals surface area contributed by atoms with Gasteiger partial charge in [-0.15, -0.1) is 0 Å². The fourth-order valence-electron chi connectivity index (χ4n) is 4.12. The molecule has 2 N–H and O–H groups in total. The number of carbonyl (C=O) groups is 2. The first-order valence-corrected chi connectivity index (χ1v) is 10.2. The summed E-state index contributed by atoms with van der Waals surface area (Å²) in [5, 5.41) is 12.4. The van der Waals surface area contributed by atoms with Crippen molar-refractivity contribution in [2.24, 2.45) is 5.92 Å². The lowest BCUT2D eigenvalue weighted by Gasteiger charge is -2.22. The van der Waals surface area contributed by atoms with Crippen LogP contribution in [0.1, 0.15) is 41.8 Å². The number of benzene rings is 2. The summed E-state index contributed by atoms with van der Waals surface area (Å²) in [5.41, 5.74) is 2.21. The summed E-state index contributed by atoms with van der Waals surface area (Å²) in [5.74, 6) is -2.15. The summed E-state index contributed by atoms with van der Waals surface area (Å²) in [7, 11) is 0. The third-order valence-electron chi connectivity index (χ3n) is 5.87. The Hall–Kier alpha value is -3.67. The van der Waals surface area contributed by atoms with Crippen molar-refractivity contribution >= 4 is 11.9 Å². The lowest BCUT2D eigenvalue weighted by Crippen LogP contribution is -2.40. The van der Waals surface area contributed by atoms with Gasteiger partial charge in [0, 0.05) is 23.6 Å². The minimum absolute atomic E-state index is 0.0153. The third-order valence-corrected chi connectivity index (χ3v) is 5.87. The first-order valence-electron chi connectivity index (χ1n) is 10.2. The standard InChI is InChI=1S/C25H23NO5/c1-16(24(29)30)14-25(26-23(28)22-13-20(27)11-12-31-22)15-21(25)19-9-7-18(8-10-19)17-5-3-2-4-6-17/h2-13,16,21H,14-15H2,1H3,(H,26,28)(H,29,30)/t16-,21+,25?/m1/s1. The van der Waals surface area contributed by atoms with Crippen LogP contribution in [0, 0.1) is 5.92 Å². The van der Waals surface area contributed by atoms with Crippen LogP contribution in [0.5, 0.6) is 0 Å². The molecule has 2 aromatic carbocycles. The van der Waals surface area contributed by atoms with Crippen LogP contribution in [0.3, 0.4) is 0 Å². The molecule has 1 aromatic heterocycles.